The Bertz CT molecular complexity index is 1060. The third kappa shape index (κ3) is 4.81. The third-order valence-electron chi connectivity index (χ3n) is 3.77. The van der Waals surface area contributed by atoms with Crippen molar-refractivity contribution in [2.45, 2.75) is 20.1 Å². The zero-order valence-electron chi connectivity index (χ0n) is 14.7. The lowest BCUT2D eigenvalue weighted by molar-refractivity contribution is -0.136. The molecule has 0 fully saturated rings. The van der Waals surface area contributed by atoms with Crippen LogP contribution in [-0.2, 0) is 25.7 Å². The average molecular weight is 436 g/mol. The lowest BCUT2D eigenvalue weighted by Gasteiger charge is -2.19. The molecule has 0 unspecified atom stereocenters. The molecule has 3 rings (SSSR count). The van der Waals surface area contributed by atoms with Crippen LogP contribution in [0, 0.1) is 0 Å². The first-order chi connectivity index (χ1) is 13.7. The predicted molar refractivity (Wildman–Crippen MR) is 102 cm³/mol. The van der Waals surface area contributed by atoms with E-state index in [4.69, 9.17) is 0 Å². The van der Waals surface area contributed by atoms with Crippen molar-refractivity contribution in [2.75, 3.05) is 0 Å². The molecular weight excluding hydrogens is 422 g/mol. The smallest absolute Gasteiger partial charge is 0.499 e. The van der Waals surface area contributed by atoms with Gasteiger partial charge in [0.2, 0.25) is 10.1 Å². The second-order valence-electron chi connectivity index (χ2n) is 5.77. The van der Waals surface area contributed by atoms with Crippen molar-refractivity contribution >= 4 is 27.0 Å². The van der Waals surface area contributed by atoms with Gasteiger partial charge in [-0.3, -0.25) is 0 Å². The van der Waals surface area contributed by atoms with Crippen molar-refractivity contribution < 1.29 is 31.3 Å². The number of hydrogen-bond acceptors (Lipinski definition) is 5. The molecule has 0 N–H and O–H groups in total. The summed E-state index contributed by atoms with van der Waals surface area (Å²) >= 11 is 0. The van der Waals surface area contributed by atoms with E-state index in [9.17, 15) is 26.5 Å². The first-order valence-electron chi connectivity index (χ1n) is 8.20. The Labute approximate surface area is 169 Å². The first-order valence-corrected chi connectivity index (χ1v) is 10.8. The maximum atomic E-state index is 13.3. The molecule has 0 aliphatic heterocycles. The second-order valence-corrected chi connectivity index (χ2v) is 9.18. The Kier molecular flexibility index (Phi) is 6.02. The summed E-state index contributed by atoms with van der Waals surface area (Å²) < 4.78 is 62.0. The zero-order chi connectivity index (χ0) is 21.1. The largest absolute Gasteiger partial charge is 0.740 e. The quantitative estimate of drug-likeness (QED) is 0.331. The maximum absolute atomic E-state index is 13.3. The molecule has 0 aliphatic rings. The minimum atomic E-state index is -6.14. The topological polar surface area (TPSA) is 83.5 Å². The van der Waals surface area contributed by atoms with Gasteiger partial charge in [0.1, 0.15) is 0 Å². The highest BCUT2D eigenvalue weighted by Gasteiger charge is 2.43. The van der Waals surface area contributed by atoms with Gasteiger partial charge >= 0.3 is 11.4 Å². The molecule has 0 spiro atoms. The van der Waals surface area contributed by atoms with Crippen LogP contribution in [0.25, 0.3) is 0 Å². The van der Waals surface area contributed by atoms with Crippen LogP contribution < -0.4 is 0 Å². The van der Waals surface area contributed by atoms with Gasteiger partial charge in [-0.2, -0.15) is 8.78 Å². The molecule has 9 heteroatoms. The van der Waals surface area contributed by atoms with Gasteiger partial charge in [0.25, 0.3) is 0 Å². The number of carbonyl (C=O) groups is 1. The molecule has 0 bridgehead atoms. The summed E-state index contributed by atoms with van der Waals surface area (Å²) in [5.74, 6) is -1.61. The van der Waals surface area contributed by atoms with Crippen molar-refractivity contribution in [3.8, 4) is 0 Å². The molecule has 0 saturated carbocycles. The van der Waals surface area contributed by atoms with Gasteiger partial charge in [0.15, 0.2) is 14.7 Å². The van der Waals surface area contributed by atoms with Crippen LogP contribution in [-0.4, -0.2) is 24.4 Å². The number of alkyl halides is 2. The Hall–Kier alpha value is -2.75. The van der Waals surface area contributed by atoms with Gasteiger partial charge in [-0.15, -0.1) is 0 Å². The van der Waals surface area contributed by atoms with Crippen molar-refractivity contribution in [3.63, 3.8) is 0 Å². The fraction of sp³-hybridized carbons (Fsp3) is 0.0500. The molecule has 0 amide bonds. The second kappa shape index (κ2) is 8.32. The molecule has 0 aliphatic carbocycles. The minimum absolute atomic E-state index is 0.296. The third-order valence-corrected chi connectivity index (χ3v) is 6.64. The highest BCUT2D eigenvalue weighted by molar-refractivity contribution is 7.97. The maximum Gasteiger partial charge on any atom is 0.499 e. The normalized spacial score (nSPS) is 12.0. The number of halogens is 2. The van der Waals surface area contributed by atoms with E-state index in [-0.39, 0.29) is 5.56 Å². The number of carbonyl (C=O) groups excluding carboxylic acids is 1. The van der Waals surface area contributed by atoms with Gasteiger partial charge in [0.05, 0.1) is 16.5 Å². The SMILES string of the molecule is O=C(OC(F)(F)S(=O)(=O)[O-])c1cccc([S+](c2ccccc2)c2ccccc2)c1. The van der Waals surface area contributed by atoms with Crippen LogP contribution in [0.2, 0.25) is 0 Å². The zero-order valence-corrected chi connectivity index (χ0v) is 16.3. The van der Waals surface area contributed by atoms with Crippen LogP contribution in [0.5, 0.6) is 0 Å². The predicted octanol–water partition coefficient (Wildman–Crippen LogP) is 4.03. The molecular formula is C20H14F2O5S2. The lowest BCUT2D eigenvalue weighted by atomic mass is 10.2. The number of esters is 1. The van der Waals surface area contributed by atoms with Gasteiger partial charge in [0, 0.05) is 6.07 Å². The van der Waals surface area contributed by atoms with E-state index >= 15 is 0 Å². The van der Waals surface area contributed by atoms with Crippen molar-refractivity contribution in [3.05, 3.63) is 90.5 Å². The van der Waals surface area contributed by atoms with Crippen LogP contribution >= 0.6 is 0 Å². The van der Waals surface area contributed by atoms with Crippen LogP contribution in [0.3, 0.4) is 0 Å². The molecule has 0 heterocycles. The number of benzene rings is 3. The standard InChI is InChI=1S/C20H14F2O5S2/c21-20(22,29(24,25)26)27-19(23)15-8-7-13-18(14-15)28(16-9-3-1-4-10-16)17-11-5-2-6-12-17/h1-14H. The first kappa shape index (κ1) is 21.0. The molecule has 0 radical (unpaired) electrons. The van der Waals surface area contributed by atoms with Crippen molar-refractivity contribution in [1.82, 2.24) is 0 Å². The van der Waals surface area contributed by atoms with Gasteiger partial charge < -0.3 is 9.29 Å². The molecule has 0 atom stereocenters. The molecule has 29 heavy (non-hydrogen) atoms. The Balaban J connectivity index is 2.01. The monoisotopic (exact) mass is 436 g/mol. The fourth-order valence-electron chi connectivity index (χ4n) is 2.49. The van der Waals surface area contributed by atoms with Crippen molar-refractivity contribution in [2.24, 2.45) is 0 Å². The van der Waals surface area contributed by atoms with Crippen LogP contribution in [0.15, 0.2) is 99.6 Å². The number of ether oxygens (including phenoxy) is 1. The molecule has 3 aromatic rings. The highest BCUT2D eigenvalue weighted by atomic mass is 32.2. The number of hydrogen-bond donors (Lipinski definition) is 0. The van der Waals surface area contributed by atoms with E-state index in [1.165, 1.54) is 18.2 Å². The van der Waals surface area contributed by atoms with E-state index in [1.807, 2.05) is 60.7 Å². The van der Waals surface area contributed by atoms with E-state index in [0.29, 0.717) is 4.90 Å². The molecule has 0 aromatic heterocycles. The Morgan fingerprint density at radius 3 is 1.79 bits per heavy atom. The molecule has 5 nitrogen and oxygen atoms in total. The Morgan fingerprint density at radius 2 is 1.31 bits per heavy atom. The van der Waals surface area contributed by atoms with Gasteiger partial charge in [-0.1, -0.05) is 42.5 Å². The molecule has 0 saturated heterocycles. The van der Waals surface area contributed by atoms with Crippen LogP contribution in [0.4, 0.5) is 8.78 Å². The summed E-state index contributed by atoms with van der Waals surface area (Å²) in [5.41, 5.74) is -5.45. The Morgan fingerprint density at radius 1 is 0.828 bits per heavy atom. The average Bonchev–Trinajstić information content (AvgIpc) is 2.69. The minimum Gasteiger partial charge on any atom is -0.740 e. The summed E-state index contributed by atoms with van der Waals surface area (Å²) in [6.45, 7) is 0. The van der Waals surface area contributed by atoms with Gasteiger partial charge in [-0.25, -0.2) is 13.2 Å². The van der Waals surface area contributed by atoms with Gasteiger partial charge in [-0.05, 0) is 36.4 Å². The summed E-state index contributed by atoms with van der Waals surface area (Å²) in [6.07, 6.45) is 0. The van der Waals surface area contributed by atoms with Crippen LogP contribution in [0.1, 0.15) is 10.4 Å². The summed E-state index contributed by atoms with van der Waals surface area (Å²) in [7, 11) is -6.80. The highest BCUT2D eigenvalue weighted by Crippen LogP contribution is 2.32. The van der Waals surface area contributed by atoms with E-state index in [1.54, 1.807) is 6.07 Å². The van der Waals surface area contributed by atoms with E-state index < -0.39 is 32.4 Å². The van der Waals surface area contributed by atoms with Crippen molar-refractivity contribution in [1.29, 1.82) is 0 Å². The molecule has 150 valence electrons. The van der Waals surface area contributed by atoms with E-state index in [0.717, 1.165) is 9.79 Å². The fourth-order valence-corrected chi connectivity index (χ4v) is 4.80. The van der Waals surface area contributed by atoms with E-state index in [2.05, 4.69) is 4.74 Å². The summed E-state index contributed by atoms with van der Waals surface area (Å²) in [6, 6.07) is 24.5. The number of rotatable bonds is 6. The summed E-state index contributed by atoms with van der Waals surface area (Å²) in [4.78, 5) is 14.5. The summed E-state index contributed by atoms with van der Waals surface area (Å²) in [5, 5.41) is 0. The molecule has 3 aromatic carbocycles. The lowest BCUT2D eigenvalue weighted by Crippen LogP contribution is -2.34.